The first-order valence-electron chi connectivity index (χ1n) is 9.47. The molecule has 2 N–H and O–H groups in total. The van der Waals surface area contributed by atoms with Gasteiger partial charge in [-0.05, 0) is 59.2 Å². The normalized spacial score (nSPS) is 21.1. The van der Waals surface area contributed by atoms with Gasteiger partial charge in [-0.1, -0.05) is 26.0 Å². The van der Waals surface area contributed by atoms with Crippen molar-refractivity contribution in [3.8, 4) is 0 Å². The van der Waals surface area contributed by atoms with Gasteiger partial charge >= 0.3 is 0 Å². The Bertz CT molecular complexity index is 894. The average molecular weight is 368 g/mol. The zero-order chi connectivity index (χ0) is 19.2. The second kappa shape index (κ2) is 6.64. The summed E-state index contributed by atoms with van der Waals surface area (Å²) in [6.07, 6.45) is 2.17. The van der Waals surface area contributed by atoms with Crippen LogP contribution in [0.3, 0.4) is 0 Å². The van der Waals surface area contributed by atoms with Crippen molar-refractivity contribution >= 4 is 17.3 Å². The summed E-state index contributed by atoms with van der Waals surface area (Å²) in [5, 5.41) is 13.0. The minimum Gasteiger partial charge on any atom is -0.392 e. The van der Waals surface area contributed by atoms with Crippen LogP contribution in [0.25, 0.3) is 0 Å². The molecular weight excluding hydrogens is 343 g/mol. The SMILES string of the molecule is CC1(C)Cc2cc(CO)ccc2NC1c1cc(F)cc(N2CCCC2=O)c1. The van der Waals surface area contributed by atoms with Crippen molar-refractivity contribution in [1.82, 2.24) is 0 Å². The van der Waals surface area contributed by atoms with Crippen LogP contribution in [-0.2, 0) is 17.8 Å². The molecule has 0 radical (unpaired) electrons. The lowest BCUT2D eigenvalue weighted by Gasteiger charge is -2.41. The van der Waals surface area contributed by atoms with Gasteiger partial charge in [0.1, 0.15) is 5.82 Å². The summed E-state index contributed by atoms with van der Waals surface area (Å²) in [6.45, 7) is 4.99. The zero-order valence-electron chi connectivity index (χ0n) is 15.8. The number of hydrogen-bond donors (Lipinski definition) is 2. The number of carbonyl (C=O) groups is 1. The third kappa shape index (κ3) is 3.32. The molecule has 1 unspecified atom stereocenters. The van der Waals surface area contributed by atoms with Crippen LogP contribution in [0, 0.1) is 11.2 Å². The van der Waals surface area contributed by atoms with Gasteiger partial charge in [-0.3, -0.25) is 4.79 Å². The van der Waals surface area contributed by atoms with Crippen molar-refractivity contribution in [3.63, 3.8) is 0 Å². The van der Waals surface area contributed by atoms with E-state index in [0.29, 0.717) is 18.7 Å². The van der Waals surface area contributed by atoms with Crippen LogP contribution in [0.2, 0.25) is 0 Å². The molecule has 1 amide bonds. The van der Waals surface area contributed by atoms with Crippen molar-refractivity contribution < 1.29 is 14.3 Å². The first-order chi connectivity index (χ1) is 12.9. The highest BCUT2D eigenvalue weighted by molar-refractivity contribution is 5.95. The fourth-order valence-corrected chi connectivity index (χ4v) is 4.35. The number of nitrogens with zero attached hydrogens (tertiary/aromatic N) is 1. The number of halogens is 1. The van der Waals surface area contributed by atoms with Crippen LogP contribution < -0.4 is 10.2 Å². The molecule has 4 nitrogen and oxygen atoms in total. The zero-order valence-corrected chi connectivity index (χ0v) is 15.8. The molecule has 0 aliphatic carbocycles. The van der Waals surface area contributed by atoms with Crippen LogP contribution in [0.1, 0.15) is 49.4 Å². The van der Waals surface area contributed by atoms with Gasteiger partial charge < -0.3 is 15.3 Å². The van der Waals surface area contributed by atoms with Crippen LogP contribution >= 0.6 is 0 Å². The fraction of sp³-hybridized carbons (Fsp3) is 0.409. The van der Waals surface area contributed by atoms with Crippen LogP contribution in [0.5, 0.6) is 0 Å². The minimum absolute atomic E-state index is 0.0221. The number of nitrogens with one attached hydrogen (secondary N) is 1. The number of fused-ring (bicyclic) bond motifs is 1. The van der Waals surface area contributed by atoms with Crippen molar-refractivity contribution in [3.05, 3.63) is 58.9 Å². The van der Waals surface area contributed by atoms with E-state index >= 15 is 0 Å². The van der Waals surface area contributed by atoms with E-state index in [0.717, 1.165) is 35.2 Å². The quantitative estimate of drug-likeness (QED) is 0.855. The molecule has 1 fully saturated rings. The molecule has 2 aromatic rings. The van der Waals surface area contributed by atoms with Crippen molar-refractivity contribution in [1.29, 1.82) is 0 Å². The monoisotopic (exact) mass is 368 g/mol. The number of amides is 1. The Labute approximate surface area is 159 Å². The third-order valence-electron chi connectivity index (χ3n) is 5.70. The molecule has 5 heteroatoms. The molecule has 0 aromatic heterocycles. The molecule has 1 atom stereocenters. The number of benzene rings is 2. The molecule has 2 heterocycles. The van der Waals surface area contributed by atoms with E-state index in [-0.39, 0.29) is 29.8 Å². The van der Waals surface area contributed by atoms with Gasteiger partial charge in [0, 0.05) is 24.3 Å². The van der Waals surface area contributed by atoms with E-state index in [4.69, 9.17) is 0 Å². The van der Waals surface area contributed by atoms with Gasteiger partial charge in [0.25, 0.3) is 0 Å². The Morgan fingerprint density at radius 2 is 2.07 bits per heavy atom. The van der Waals surface area contributed by atoms with Gasteiger partial charge in [-0.15, -0.1) is 0 Å². The molecule has 142 valence electrons. The van der Waals surface area contributed by atoms with Gasteiger partial charge in [-0.2, -0.15) is 0 Å². The lowest BCUT2D eigenvalue weighted by atomic mass is 9.72. The minimum atomic E-state index is -0.318. The van der Waals surface area contributed by atoms with E-state index in [9.17, 15) is 14.3 Å². The number of carbonyl (C=O) groups excluding carboxylic acids is 1. The number of aliphatic hydroxyl groups excluding tert-OH is 1. The first kappa shape index (κ1) is 18.0. The Kier molecular flexibility index (Phi) is 4.42. The number of aliphatic hydroxyl groups is 1. The van der Waals surface area contributed by atoms with Crippen molar-refractivity contribution in [2.75, 3.05) is 16.8 Å². The molecule has 2 aliphatic heterocycles. The Hall–Kier alpha value is -2.40. The maximum absolute atomic E-state index is 14.4. The Balaban J connectivity index is 1.72. The summed E-state index contributed by atoms with van der Waals surface area (Å²) >= 11 is 0. The van der Waals surface area contributed by atoms with Crippen LogP contribution in [0.4, 0.5) is 15.8 Å². The van der Waals surface area contributed by atoms with E-state index in [1.165, 1.54) is 6.07 Å². The standard InChI is InChI=1S/C22H25FN2O2/c1-22(2)12-16-8-14(13-26)5-6-19(16)24-21(22)15-9-17(23)11-18(10-15)25-7-3-4-20(25)27/h5-6,8-11,21,24,26H,3-4,7,12-13H2,1-2H3. The van der Waals surface area contributed by atoms with Crippen LogP contribution in [0.15, 0.2) is 36.4 Å². The number of hydrogen-bond acceptors (Lipinski definition) is 3. The molecule has 4 rings (SSSR count). The second-order valence-electron chi connectivity index (χ2n) is 8.28. The summed E-state index contributed by atoms with van der Waals surface area (Å²) in [4.78, 5) is 13.8. The number of rotatable bonds is 3. The molecule has 2 aliphatic rings. The third-order valence-corrected chi connectivity index (χ3v) is 5.70. The van der Waals surface area contributed by atoms with Crippen molar-refractivity contribution in [2.45, 2.75) is 45.8 Å². The summed E-state index contributed by atoms with van der Waals surface area (Å²) in [5.74, 6) is -0.259. The van der Waals surface area contributed by atoms with Gasteiger partial charge in [0.05, 0.1) is 12.6 Å². The molecule has 0 saturated carbocycles. The summed E-state index contributed by atoms with van der Waals surface area (Å²) in [6, 6.07) is 10.8. The molecular formula is C22H25FN2O2. The van der Waals surface area contributed by atoms with Crippen LogP contribution in [-0.4, -0.2) is 17.6 Å². The predicted molar refractivity (Wildman–Crippen MR) is 104 cm³/mol. The van der Waals surface area contributed by atoms with E-state index in [1.54, 1.807) is 11.0 Å². The highest BCUT2D eigenvalue weighted by Gasteiger charge is 2.36. The molecule has 1 saturated heterocycles. The summed E-state index contributed by atoms with van der Waals surface area (Å²) in [7, 11) is 0. The van der Waals surface area contributed by atoms with E-state index < -0.39 is 0 Å². The largest absolute Gasteiger partial charge is 0.392 e. The van der Waals surface area contributed by atoms with Gasteiger partial charge in [-0.25, -0.2) is 4.39 Å². The smallest absolute Gasteiger partial charge is 0.227 e. The highest BCUT2D eigenvalue weighted by Crippen LogP contribution is 2.45. The molecule has 27 heavy (non-hydrogen) atoms. The number of anilines is 2. The lowest BCUT2D eigenvalue weighted by Crippen LogP contribution is -2.35. The Morgan fingerprint density at radius 3 is 2.78 bits per heavy atom. The molecule has 2 aromatic carbocycles. The topological polar surface area (TPSA) is 52.6 Å². The maximum Gasteiger partial charge on any atom is 0.227 e. The fourth-order valence-electron chi connectivity index (χ4n) is 4.35. The second-order valence-corrected chi connectivity index (χ2v) is 8.28. The van der Waals surface area contributed by atoms with Crippen molar-refractivity contribution in [2.24, 2.45) is 5.41 Å². The average Bonchev–Trinajstić information content (AvgIpc) is 3.05. The summed E-state index contributed by atoms with van der Waals surface area (Å²) in [5.41, 5.74) is 4.42. The Morgan fingerprint density at radius 1 is 1.26 bits per heavy atom. The first-order valence-corrected chi connectivity index (χ1v) is 9.47. The highest BCUT2D eigenvalue weighted by atomic mass is 19.1. The summed E-state index contributed by atoms with van der Waals surface area (Å²) < 4.78 is 14.4. The van der Waals surface area contributed by atoms with E-state index in [2.05, 4.69) is 19.2 Å². The maximum atomic E-state index is 14.4. The van der Waals surface area contributed by atoms with E-state index in [1.807, 2.05) is 24.3 Å². The molecule has 0 spiro atoms. The predicted octanol–water partition coefficient (Wildman–Crippen LogP) is 4.18. The van der Waals surface area contributed by atoms with Gasteiger partial charge in [0.2, 0.25) is 5.91 Å². The van der Waals surface area contributed by atoms with Gasteiger partial charge in [0.15, 0.2) is 0 Å². The molecule has 0 bridgehead atoms. The lowest BCUT2D eigenvalue weighted by molar-refractivity contribution is -0.117.